The molecule has 0 radical (unpaired) electrons. The van der Waals surface area contributed by atoms with Crippen molar-refractivity contribution in [3.63, 3.8) is 0 Å². The predicted molar refractivity (Wildman–Crippen MR) is 113 cm³/mol. The summed E-state index contributed by atoms with van der Waals surface area (Å²) in [5.41, 5.74) is 1.14. The van der Waals surface area contributed by atoms with Gasteiger partial charge in [-0.05, 0) is 31.2 Å². The molecule has 0 amide bonds. The Labute approximate surface area is 178 Å². The molecule has 1 aromatic heterocycles. The predicted octanol–water partition coefficient (Wildman–Crippen LogP) is 3.28. The van der Waals surface area contributed by atoms with Gasteiger partial charge in [-0.1, -0.05) is 6.07 Å². The Bertz CT molecular complexity index is 1130. The average molecular weight is 427 g/mol. The normalized spacial score (nSPS) is 14.0. The molecule has 2 aromatic carbocycles. The van der Waals surface area contributed by atoms with Gasteiger partial charge in [0.15, 0.2) is 0 Å². The molecule has 8 heteroatoms. The molecular weight excluding hydrogens is 404 g/mol. The van der Waals surface area contributed by atoms with Crippen LogP contribution in [0.2, 0.25) is 0 Å². The number of aromatic nitrogens is 2. The van der Waals surface area contributed by atoms with E-state index in [0.717, 1.165) is 0 Å². The third-order valence-corrected chi connectivity index (χ3v) is 5.05. The number of rotatable bonds is 6. The van der Waals surface area contributed by atoms with E-state index in [1.54, 1.807) is 31.2 Å². The van der Waals surface area contributed by atoms with Crippen LogP contribution in [0.25, 0.3) is 5.69 Å². The van der Waals surface area contributed by atoms with Gasteiger partial charge < -0.3 is 14.4 Å². The summed E-state index contributed by atoms with van der Waals surface area (Å²) >= 11 is 0. The summed E-state index contributed by atoms with van der Waals surface area (Å²) in [5, 5.41) is 0. The highest BCUT2D eigenvalue weighted by Gasteiger charge is 2.17. The van der Waals surface area contributed by atoms with Crippen LogP contribution in [0, 0.1) is 18.6 Å². The molecule has 0 unspecified atom stereocenters. The van der Waals surface area contributed by atoms with E-state index in [-0.39, 0.29) is 18.0 Å². The number of morpholine rings is 1. The SMILES string of the molecule is Cc1cc(=O)n(-c2ccc(N3CCOCC3)c(F)c2)c(CCOc2cccc(F)c2)n1. The average Bonchev–Trinajstić information content (AvgIpc) is 2.74. The molecule has 1 aliphatic heterocycles. The smallest absolute Gasteiger partial charge is 0.258 e. The van der Waals surface area contributed by atoms with Gasteiger partial charge in [0.05, 0.1) is 31.2 Å². The second kappa shape index (κ2) is 9.26. The third kappa shape index (κ3) is 4.91. The van der Waals surface area contributed by atoms with E-state index >= 15 is 0 Å². The number of halogens is 2. The summed E-state index contributed by atoms with van der Waals surface area (Å²) in [6.45, 7) is 4.25. The Morgan fingerprint density at radius 3 is 2.65 bits per heavy atom. The van der Waals surface area contributed by atoms with Gasteiger partial charge in [-0.15, -0.1) is 0 Å². The van der Waals surface area contributed by atoms with Gasteiger partial charge in [0.1, 0.15) is 23.2 Å². The van der Waals surface area contributed by atoms with E-state index in [1.807, 2.05) is 4.90 Å². The maximum Gasteiger partial charge on any atom is 0.258 e. The van der Waals surface area contributed by atoms with Crippen LogP contribution in [0.5, 0.6) is 5.75 Å². The zero-order chi connectivity index (χ0) is 21.8. The molecule has 3 aromatic rings. The monoisotopic (exact) mass is 427 g/mol. The minimum Gasteiger partial charge on any atom is -0.493 e. The van der Waals surface area contributed by atoms with E-state index < -0.39 is 5.82 Å². The summed E-state index contributed by atoms with van der Waals surface area (Å²) in [5.74, 6) is 0.0372. The van der Waals surface area contributed by atoms with Crippen molar-refractivity contribution in [1.29, 1.82) is 0 Å². The highest BCUT2D eigenvalue weighted by atomic mass is 19.1. The molecule has 0 aliphatic carbocycles. The summed E-state index contributed by atoms with van der Waals surface area (Å²) in [6, 6.07) is 12.0. The van der Waals surface area contributed by atoms with Crippen LogP contribution in [-0.4, -0.2) is 42.5 Å². The molecule has 4 rings (SSSR count). The number of ether oxygens (including phenoxy) is 2. The van der Waals surface area contributed by atoms with Crippen LogP contribution in [0.4, 0.5) is 14.5 Å². The van der Waals surface area contributed by atoms with Gasteiger partial charge in [-0.25, -0.2) is 13.8 Å². The number of benzene rings is 2. The van der Waals surface area contributed by atoms with Gasteiger partial charge in [-0.2, -0.15) is 0 Å². The number of nitrogens with zero attached hydrogens (tertiary/aromatic N) is 3. The quantitative estimate of drug-likeness (QED) is 0.604. The molecule has 31 heavy (non-hydrogen) atoms. The van der Waals surface area contributed by atoms with Gasteiger partial charge in [0.25, 0.3) is 5.56 Å². The Morgan fingerprint density at radius 1 is 1.10 bits per heavy atom. The first-order valence-corrected chi connectivity index (χ1v) is 10.1. The maximum absolute atomic E-state index is 14.9. The number of anilines is 1. The molecule has 162 valence electrons. The van der Waals surface area contributed by atoms with Crippen molar-refractivity contribution in [3.05, 3.63) is 82.0 Å². The second-order valence-electron chi connectivity index (χ2n) is 7.28. The molecular formula is C23H23F2N3O3. The number of hydrogen-bond donors (Lipinski definition) is 0. The Balaban J connectivity index is 1.59. The van der Waals surface area contributed by atoms with Crippen LogP contribution < -0.4 is 15.2 Å². The Hall–Kier alpha value is -3.26. The van der Waals surface area contributed by atoms with Gasteiger partial charge >= 0.3 is 0 Å². The Kier molecular flexibility index (Phi) is 6.27. The molecule has 0 N–H and O–H groups in total. The van der Waals surface area contributed by atoms with Crippen molar-refractivity contribution in [2.45, 2.75) is 13.3 Å². The highest BCUT2D eigenvalue weighted by Crippen LogP contribution is 2.23. The molecule has 1 saturated heterocycles. The minimum absolute atomic E-state index is 0.188. The first kappa shape index (κ1) is 21.0. The van der Waals surface area contributed by atoms with E-state index in [9.17, 15) is 13.6 Å². The summed E-state index contributed by atoms with van der Waals surface area (Å²) in [7, 11) is 0. The molecule has 0 atom stereocenters. The maximum atomic E-state index is 14.9. The van der Waals surface area contributed by atoms with Crippen LogP contribution in [0.1, 0.15) is 11.5 Å². The zero-order valence-electron chi connectivity index (χ0n) is 17.2. The van der Waals surface area contributed by atoms with Gasteiger partial charge in [0.2, 0.25) is 0 Å². The summed E-state index contributed by atoms with van der Waals surface area (Å²) < 4.78 is 40.5. The summed E-state index contributed by atoms with van der Waals surface area (Å²) in [4.78, 5) is 19.1. The molecule has 6 nitrogen and oxygen atoms in total. The standard InChI is InChI=1S/C23H23F2N3O3/c1-16-13-23(29)28(22(26-16)7-10-31-19-4-2-3-17(24)14-19)18-5-6-21(20(25)15-18)27-8-11-30-12-9-27/h2-6,13-15H,7-12H2,1H3. The first-order chi connectivity index (χ1) is 15.0. The van der Waals surface area contributed by atoms with Crippen LogP contribution in [-0.2, 0) is 11.2 Å². The lowest BCUT2D eigenvalue weighted by molar-refractivity contribution is 0.122. The highest BCUT2D eigenvalue weighted by molar-refractivity contribution is 5.53. The molecule has 2 heterocycles. The molecule has 0 spiro atoms. The molecule has 0 saturated carbocycles. The third-order valence-electron chi connectivity index (χ3n) is 5.05. The topological polar surface area (TPSA) is 56.6 Å². The second-order valence-corrected chi connectivity index (χ2v) is 7.28. The van der Waals surface area contributed by atoms with Gasteiger partial charge in [0, 0.05) is 43.4 Å². The van der Waals surface area contributed by atoms with Crippen molar-refractivity contribution in [2.75, 3.05) is 37.8 Å². The lowest BCUT2D eigenvalue weighted by atomic mass is 10.2. The van der Waals surface area contributed by atoms with Crippen LogP contribution in [0.3, 0.4) is 0 Å². The van der Waals surface area contributed by atoms with E-state index in [4.69, 9.17) is 9.47 Å². The van der Waals surface area contributed by atoms with E-state index in [1.165, 1.54) is 28.8 Å². The van der Waals surface area contributed by atoms with Crippen molar-refractivity contribution < 1.29 is 18.3 Å². The largest absolute Gasteiger partial charge is 0.493 e. The number of hydrogen-bond acceptors (Lipinski definition) is 5. The van der Waals surface area contributed by atoms with E-state index in [2.05, 4.69) is 4.98 Å². The zero-order valence-corrected chi connectivity index (χ0v) is 17.2. The Morgan fingerprint density at radius 2 is 1.90 bits per heavy atom. The molecule has 0 bridgehead atoms. The minimum atomic E-state index is -0.408. The fourth-order valence-electron chi connectivity index (χ4n) is 3.61. The van der Waals surface area contributed by atoms with Crippen LogP contribution in [0.15, 0.2) is 53.3 Å². The van der Waals surface area contributed by atoms with Crippen molar-refractivity contribution in [2.24, 2.45) is 0 Å². The van der Waals surface area contributed by atoms with Crippen molar-refractivity contribution in [3.8, 4) is 11.4 Å². The number of aryl methyl sites for hydroxylation is 1. The molecule has 1 fully saturated rings. The van der Waals surface area contributed by atoms with Crippen molar-refractivity contribution in [1.82, 2.24) is 9.55 Å². The van der Waals surface area contributed by atoms with Crippen molar-refractivity contribution >= 4 is 5.69 Å². The lowest BCUT2D eigenvalue weighted by Gasteiger charge is -2.29. The fourth-order valence-corrected chi connectivity index (χ4v) is 3.61. The lowest BCUT2D eigenvalue weighted by Crippen LogP contribution is -2.36. The summed E-state index contributed by atoms with van der Waals surface area (Å²) in [6.07, 6.45) is 0.292. The van der Waals surface area contributed by atoms with Crippen LogP contribution >= 0.6 is 0 Å². The van der Waals surface area contributed by atoms with Gasteiger partial charge in [-0.3, -0.25) is 9.36 Å². The first-order valence-electron chi connectivity index (χ1n) is 10.1. The van der Waals surface area contributed by atoms with E-state index in [0.29, 0.717) is 61.4 Å². The molecule has 1 aliphatic rings. The fraction of sp³-hybridized carbons (Fsp3) is 0.304.